The zero-order valence-corrected chi connectivity index (χ0v) is 7.32. The average molecular weight is 197 g/mol. The fraction of sp³-hybridized carbons (Fsp3) is 0.222. The first-order valence-corrected chi connectivity index (χ1v) is 4.17. The predicted molar refractivity (Wildman–Crippen MR) is 50.1 cm³/mol. The van der Waals surface area contributed by atoms with Gasteiger partial charge in [0.2, 0.25) is 0 Å². The van der Waals surface area contributed by atoms with Gasteiger partial charge >= 0.3 is 0 Å². The molecule has 0 radical (unpaired) electrons. The maximum Gasteiger partial charge on any atom is 0.257 e. The minimum atomic E-state index is -2.42. The van der Waals surface area contributed by atoms with Crippen molar-refractivity contribution in [3.8, 4) is 0 Å². The molecule has 2 rings (SSSR count). The molecule has 0 unspecified atom stereocenters. The van der Waals surface area contributed by atoms with Crippen LogP contribution in [0.25, 0.3) is 10.9 Å². The van der Waals surface area contributed by atoms with Crippen LogP contribution in [0.5, 0.6) is 0 Å². The zero-order valence-electron chi connectivity index (χ0n) is 7.32. The van der Waals surface area contributed by atoms with E-state index in [4.69, 9.17) is 5.73 Å². The van der Waals surface area contributed by atoms with E-state index in [-0.39, 0.29) is 0 Å². The number of para-hydroxylation sites is 1. The van der Waals surface area contributed by atoms with E-state index in [0.717, 1.165) is 0 Å². The normalized spacial score (nSPS) is 11.4. The van der Waals surface area contributed by atoms with Crippen LogP contribution < -0.4 is 5.73 Å². The Hall–Kier alpha value is -1.65. The smallest absolute Gasteiger partial charge is 0.257 e. The highest BCUT2D eigenvalue weighted by molar-refractivity contribution is 5.88. The van der Waals surface area contributed by atoms with Crippen LogP contribution in [0.3, 0.4) is 0 Å². The number of nitrogen functional groups attached to an aromatic ring is 1. The van der Waals surface area contributed by atoms with Crippen molar-refractivity contribution < 1.29 is 8.78 Å². The van der Waals surface area contributed by atoms with Gasteiger partial charge in [-0.05, 0) is 12.1 Å². The molecule has 0 aliphatic heterocycles. The number of benzene rings is 1. The van der Waals surface area contributed by atoms with Gasteiger partial charge in [-0.25, -0.2) is 8.78 Å². The van der Waals surface area contributed by atoms with Gasteiger partial charge in [0.1, 0.15) is 6.54 Å². The fourth-order valence-corrected chi connectivity index (χ4v) is 1.42. The maximum absolute atomic E-state index is 12.2. The van der Waals surface area contributed by atoms with Crippen molar-refractivity contribution >= 4 is 16.7 Å². The van der Waals surface area contributed by atoms with Crippen molar-refractivity contribution in [2.75, 3.05) is 5.73 Å². The maximum atomic E-state index is 12.2. The second-order valence-corrected chi connectivity index (χ2v) is 2.98. The molecule has 5 heteroatoms. The lowest BCUT2D eigenvalue weighted by atomic mass is 10.2. The third-order valence-corrected chi connectivity index (χ3v) is 2.00. The largest absolute Gasteiger partial charge is 0.382 e. The van der Waals surface area contributed by atoms with Gasteiger partial charge < -0.3 is 5.73 Å². The van der Waals surface area contributed by atoms with Gasteiger partial charge in [0, 0.05) is 5.39 Å². The van der Waals surface area contributed by atoms with Crippen molar-refractivity contribution in [2.24, 2.45) is 0 Å². The molecular weight excluding hydrogens is 188 g/mol. The molecule has 0 fully saturated rings. The molecular formula is C9H9F2N3. The monoisotopic (exact) mass is 197 g/mol. The Morgan fingerprint density at radius 3 is 2.79 bits per heavy atom. The third-order valence-electron chi connectivity index (χ3n) is 2.00. The van der Waals surface area contributed by atoms with E-state index in [1.54, 1.807) is 24.3 Å². The Bertz CT molecular complexity index is 450. The van der Waals surface area contributed by atoms with Gasteiger partial charge in [-0.3, -0.25) is 4.68 Å². The fourth-order valence-electron chi connectivity index (χ4n) is 1.42. The van der Waals surface area contributed by atoms with Crippen molar-refractivity contribution in [2.45, 2.75) is 13.0 Å². The lowest BCUT2D eigenvalue weighted by molar-refractivity contribution is 0.123. The van der Waals surface area contributed by atoms with Crippen LogP contribution >= 0.6 is 0 Å². The molecule has 74 valence electrons. The molecule has 0 aliphatic rings. The molecule has 0 spiro atoms. The van der Waals surface area contributed by atoms with Gasteiger partial charge in [0.25, 0.3) is 6.43 Å². The summed E-state index contributed by atoms with van der Waals surface area (Å²) in [5.41, 5.74) is 6.22. The van der Waals surface area contributed by atoms with Gasteiger partial charge in [-0.15, -0.1) is 0 Å². The number of alkyl halides is 2. The van der Waals surface area contributed by atoms with E-state index < -0.39 is 13.0 Å². The topological polar surface area (TPSA) is 43.8 Å². The standard InChI is InChI=1S/C9H9F2N3/c10-8(11)5-14-7-4-2-1-3-6(7)9(12)13-14/h1-4,8H,5H2,(H2,12,13). The van der Waals surface area contributed by atoms with Crippen molar-refractivity contribution in [1.29, 1.82) is 0 Å². The van der Waals surface area contributed by atoms with E-state index >= 15 is 0 Å². The summed E-state index contributed by atoms with van der Waals surface area (Å²) in [6.45, 7) is -0.419. The van der Waals surface area contributed by atoms with Crippen molar-refractivity contribution in [3.05, 3.63) is 24.3 Å². The molecule has 1 aromatic carbocycles. The number of fused-ring (bicyclic) bond motifs is 1. The summed E-state index contributed by atoms with van der Waals surface area (Å²) < 4.78 is 25.5. The molecule has 1 heterocycles. The van der Waals surface area contributed by atoms with Crippen molar-refractivity contribution in [1.82, 2.24) is 9.78 Å². The predicted octanol–water partition coefficient (Wildman–Crippen LogP) is 1.88. The van der Waals surface area contributed by atoms with Gasteiger partial charge in [-0.1, -0.05) is 12.1 Å². The Kier molecular flexibility index (Phi) is 2.07. The van der Waals surface area contributed by atoms with Crippen LogP contribution in [0.1, 0.15) is 0 Å². The number of nitrogens with two attached hydrogens (primary N) is 1. The molecule has 14 heavy (non-hydrogen) atoms. The molecule has 0 saturated carbocycles. The first kappa shape index (κ1) is 8.93. The highest BCUT2D eigenvalue weighted by atomic mass is 19.3. The highest BCUT2D eigenvalue weighted by Gasteiger charge is 2.10. The summed E-state index contributed by atoms with van der Waals surface area (Å²) >= 11 is 0. The minimum Gasteiger partial charge on any atom is -0.382 e. The molecule has 3 nitrogen and oxygen atoms in total. The van der Waals surface area contributed by atoms with Crippen molar-refractivity contribution in [3.63, 3.8) is 0 Å². The number of rotatable bonds is 2. The summed E-state index contributed by atoms with van der Waals surface area (Å²) in [6, 6.07) is 7.05. The Balaban J connectivity index is 2.55. The van der Waals surface area contributed by atoms with Crippen LogP contribution in [0.2, 0.25) is 0 Å². The van der Waals surface area contributed by atoms with E-state index in [2.05, 4.69) is 5.10 Å². The summed E-state index contributed by atoms with van der Waals surface area (Å²) in [5.74, 6) is 0.293. The van der Waals surface area contributed by atoms with Crippen LogP contribution in [0.15, 0.2) is 24.3 Å². The van der Waals surface area contributed by atoms with E-state index in [9.17, 15) is 8.78 Å². The SMILES string of the molecule is Nc1nn(CC(F)F)c2ccccc12. The Labute approximate surface area is 79.1 Å². The second-order valence-electron chi connectivity index (χ2n) is 2.98. The number of nitrogens with zero attached hydrogens (tertiary/aromatic N) is 2. The lowest BCUT2D eigenvalue weighted by Crippen LogP contribution is -2.08. The minimum absolute atomic E-state index is 0.293. The zero-order chi connectivity index (χ0) is 10.1. The molecule has 2 N–H and O–H groups in total. The van der Waals surface area contributed by atoms with Gasteiger partial charge in [0.15, 0.2) is 5.82 Å². The number of hydrogen-bond acceptors (Lipinski definition) is 2. The number of halogens is 2. The average Bonchev–Trinajstić information content (AvgIpc) is 2.44. The second kappa shape index (κ2) is 3.25. The third kappa shape index (κ3) is 1.41. The summed E-state index contributed by atoms with van der Waals surface area (Å²) in [6.07, 6.45) is -2.42. The Morgan fingerprint density at radius 1 is 1.36 bits per heavy atom. The molecule has 1 aromatic heterocycles. The lowest BCUT2D eigenvalue weighted by Gasteiger charge is -2.00. The van der Waals surface area contributed by atoms with Crippen LogP contribution in [-0.2, 0) is 6.54 Å². The Morgan fingerprint density at radius 2 is 2.07 bits per heavy atom. The van der Waals surface area contributed by atoms with Crippen LogP contribution in [-0.4, -0.2) is 16.2 Å². The summed E-state index contributed by atoms with van der Waals surface area (Å²) in [5, 5.41) is 4.56. The van der Waals surface area contributed by atoms with Gasteiger partial charge in [0.05, 0.1) is 5.52 Å². The van der Waals surface area contributed by atoms with E-state index in [0.29, 0.717) is 16.7 Å². The molecule has 0 aliphatic carbocycles. The summed E-state index contributed by atoms with van der Waals surface area (Å²) in [7, 11) is 0. The molecule has 0 bridgehead atoms. The number of hydrogen-bond donors (Lipinski definition) is 1. The van der Waals surface area contributed by atoms with Gasteiger partial charge in [-0.2, -0.15) is 5.10 Å². The summed E-state index contributed by atoms with van der Waals surface area (Å²) in [4.78, 5) is 0. The molecule has 0 amide bonds. The first-order valence-electron chi connectivity index (χ1n) is 4.17. The van der Waals surface area contributed by atoms with Crippen LogP contribution in [0.4, 0.5) is 14.6 Å². The molecule has 2 aromatic rings. The van der Waals surface area contributed by atoms with E-state index in [1.807, 2.05) is 0 Å². The highest BCUT2D eigenvalue weighted by Crippen LogP contribution is 2.20. The molecule has 0 saturated heterocycles. The quantitative estimate of drug-likeness (QED) is 0.798. The number of aromatic nitrogens is 2. The van der Waals surface area contributed by atoms with E-state index in [1.165, 1.54) is 4.68 Å². The number of anilines is 1. The first-order chi connectivity index (χ1) is 6.68. The van der Waals surface area contributed by atoms with Crippen LogP contribution in [0, 0.1) is 0 Å². The molecule has 0 atom stereocenters.